The molecule has 1 nitrogen and oxygen atoms in total. The molecular formula is C9H17NS2. The van der Waals surface area contributed by atoms with Crippen molar-refractivity contribution in [1.82, 2.24) is 4.98 Å². The molecule has 2 rings (SSSR count). The first kappa shape index (κ1) is 12.0. The van der Waals surface area contributed by atoms with Crippen LogP contribution in [0.5, 0.6) is 0 Å². The molecule has 0 atom stereocenters. The summed E-state index contributed by atoms with van der Waals surface area (Å²) in [6, 6.07) is 0. The molecule has 0 radical (unpaired) electrons. The predicted octanol–water partition coefficient (Wildman–Crippen LogP) is 3.84. The first-order valence-corrected chi connectivity index (χ1v) is 6.38. The van der Waals surface area contributed by atoms with Crippen LogP contribution in [0.25, 0.3) is 0 Å². The van der Waals surface area contributed by atoms with Crippen molar-refractivity contribution in [3.05, 3.63) is 11.2 Å². The Kier molecular flexibility index (Phi) is 7.61. The molecule has 0 aliphatic carbocycles. The second kappa shape index (κ2) is 7.62. The summed E-state index contributed by atoms with van der Waals surface area (Å²) >= 11 is 3.69. The first-order chi connectivity index (χ1) is 5.97. The highest BCUT2D eigenvalue weighted by Gasteiger charge is 2.12. The third-order valence-electron chi connectivity index (χ3n) is 1.18. The molecule has 0 amide bonds. The van der Waals surface area contributed by atoms with Gasteiger partial charge in [0, 0.05) is 12.2 Å². The van der Waals surface area contributed by atoms with Gasteiger partial charge in [0.15, 0.2) is 0 Å². The average molecular weight is 203 g/mol. The lowest BCUT2D eigenvalue weighted by molar-refractivity contribution is 1.07. The van der Waals surface area contributed by atoms with Gasteiger partial charge >= 0.3 is 0 Å². The Bertz CT molecular complexity index is 178. The van der Waals surface area contributed by atoms with Crippen LogP contribution in [0.15, 0.2) is 9.72 Å². The molecule has 3 heteroatoms. The largest absolute Gasteiger partial charge is 0.248 e. The quantitative estimate of drug-likeness (QED) is 0.635. The van der Waals surface area contributed by atoms with Crippen LogP contribution in [0.2, 0.25) is 0 Å². The maximum atomic E-state index is 4.19. The van der Waals surface area contributed by atoms with Gasteiger partial charge in [0.25, 0.3) is 0 Å². The molecule has 1 aliphatic heterocycles. The van der Waals surface area contributed by atoms with E-state index in [-0.39, 0.29) is 0 Å². The van der Waals surface area contributed by atoms with E-state index in [4.69, 9.17) is 0 Å². The van der Waals surface area contributed by atoms with Gasteiger partial charge in [-0.2, -0.15) is 0 Å². The monoisotopic (exact) mass is 203 g/mol. The lowest BCUT2D eigenvalue weighted by atomic mass is 10.4. The minimum Gasteiger partial charge on any atom is -0.248 e. The molecule has 0 spiro atoms. The molecule has 12 heavy (non-hydrogen) atoms. The lowest BCUT2D eigenvalue weighted by Gasteiger charge is -1.76. The van der Waals surface area contributed by atoms with Gasteiger partial charge in [-0.1, -0.05) is 27.7 Å². The molecule has 0 N–H and O–H groups in total. The van der Waals surface area contributed by atoms with Gasteiger partial charge in [-0.05, 0) is 0 Å². The Morgan fingerprint density at radius 3 is 2.50 bits per heavy atom. The second-order valence-corrected chi connectivity index (χ2v) is 3.90. The summed E-state index contributed by atoms with van der Waals surface area (Å²) < 4.78 is 1.44. The van der Waals surface area contributed by atoms with Crippen LogP contribution in [0.4, 0.5) is 0 Å². The first-order valence-electron chi connectivity index (χ1n) is 4.52. The van der Waals surface area contributed by atoms with Crippen molar-refractivity contribution < 1.29 is 0 Å². The third-order valence-corrected chi connectivity index (χ3v) is 3.38. The summed E-state index contributed by atoms with van der Waals surface area (Å²) in [6.07, 6.45) is 1.18. The third kappa shape index (κ3) is 3.15. The van der Waals surface area contributed by atoms with Crippen molar-refractivity contribution in [1.29, 1.82) is 0 Å². The number of hydrogen-bond acceptors (Lipinski definition) is 3. The topological polar surface area (TPSA) is 12.9 Å². The minimum atomic E-state index is 1.18. The van der Waals surface area contributed by atoms with Gasteiger partial charge in [-0.15, -0.1) is 23.1 Å². The number of rotatable bonds is 0. The molecule has 0 unspecified atom stereocenters. The van der Waals surface area contributed by atoms with Gasteiger partial charge in [0.2, 0.25) is 0 Å². The van der Waals surface area contributed by atoms with Crippen molar-refractivity contribution in [3.63, 3.8) is 0 Å². The predicted molar refractivity (Wildman–Crippen MR) is 59.2 cm³/mol. The van der Waals surface area contributed by atoms with E-state index in [1.807, 2.05) is 45.0 Å². The Morgan fingerprint density at radius 2 is 1.92 bits per heavy atom. The number of aryl methyl sites for hydroxylation is 1. The van der Waals surface area contributed by atoms with Gasteiger partial charge in [0.05, 0.1) is 15.4 Å². The summed E-state index contributed by atoms with van der Waals surface area (Å²) in [7, 11) is 0. The molecule has 2 heterocycles. The Labute approximate surface area is 83.6 Å². The van der Waals surface area contributed by atoms with Crippen molar-refractivity contribution in [2.75, 3.05) is 5.75 Å². The Balaban J connectivity index is 0.000000269. The maximum absolute atomic E-state index is 4.19. The van der Waals surface area contributed by atoms with Crippen molar-refractivity contribution >= 4 is 23.1 Å². The SMILES string of the molecule is CC.CC.c1nc2c(s1)SCC2. The van der Waals surface area contributed by atoms with Gasteiger partial charge < -0.3 is 0 Å². The normalized spacial score (nSPS) is 12.0. The van der Waals surface area contributed by atoms with Gasteiger partial charge in [-0.25, -0.2) is 4.98 Å². The minimum absolute atomic E-state index is 1.18. The number of aromatic nitrogens is 1. The number of thiazole rings is 1. The fourth-order valence-corrected chi connectivity index (χ4v) is 2.80. The Hall–Kier alpha value is -0.0200. The van der Waals surface area contributed by atoms with Gasteiger partial charge in [0.1, 0.15) is 0 Å². The summed E-state index contributed by atoms with van der Waals surface area (Å²) in [5, 5.41) is 0. The van der Waals surface area contributed by atoms with E-state index < -0.39 is 0 Å². The molecule has 1 aromatic rings. The highest BCUT2D eigenvalue weighted by Crippen LogP contribution is 2.33. The highest BCUT2D eigenvalue weighted by atomic mass is 32.2. The second-order valence-electron chi connectivity index (χ2n) is 1.68. The number of nitrogens with zero attached hydrogens (tertiary/aromatic N) is 1. The van der Waals surface area contributed by atoms with Gasteiger partial charge in [-0.3, -0.25) is 0 Å². The Morgan fingerprint density at radius 1 is 1.25 bits per heavy atom. The van der Waals surface area contributed by atoms with Crippen LogP contribution in [-0.4, -0.2) is 10.7 Å². The van der Waals surface area contributed by atoms with E-state index >= 15 is 0 Å². The molecule has 0 saturated carbocycles. The fourth-order valence-electron chi connectivity index (χ4n) is 0.783. The molecule has 0 saturated heterocycles. The number of fused-ring (bicyclic) bond motifs is 1. The summed E-state index contributed by atoms with van der Waals surface area (Å²) in [5.41, 5.74) is 3.25. The smallest absolute Gasteiger partial charge is 0.0830 e. The molecule has 0 fully saturated rings. The summed E-state index contributed by atoms with van der Waals surface area (Å²) in [5.74, 6) is 1.25. The zero-order valence-electron chi connectivity index (χ0n) is 8.26. The zero-order valence-corrected chi connectivity index (χ0v) is 9.89. The maximum Gasteiger partial charge on any atom is 0.0830 e. The molecule has 70 valence electrons. The van der Waals surface area contributed by atoms with Crippen LogP contribution in [-0.2, 0) is 6.42 Å². The zero-order chi connectivity index (χ0) is 9.40. The lowest BCUT2D eigenvalue weighted by Crippen LogP contribution is -1.77. The number of hydrogen-bond donors (Lipinski definition) is 0. The van der Waals surface area contributed by atoms with E-state index in [1.54, 1.807) is 11.3 Å². The summed E-state index contributed by atoms with van der Waals surface area (Å²) in [4.78, 5) is 4.19. The van der Waals surface area contributed by atoms with E-state index in [9.17, 15) is 0 Å². The van der Waals surface area contributed by atoms with Crippen LogP contribution >= 0.6 is 23.1 Å². The van der Waals surface area contributed by atoms with Crippen LogP contribution in [0.3, 0.4) is 0 Å². The fraction of sp³-hybridized carbons (Fsp3) is 0.667. The van der Waals surface area contributed by atoms with Crippen LogP contribution < -0.4 is 0 Å². The van der Waals surface area contributed by atoms with Crippen molar-refractivity contribution in [2.45, 2.75) is 38.3 Å². The van der Waals surface area contributed by atoms with E-state index in [2.05, 4.69) is 4.98 Å². The standard InChI is InChI=1S/C5H5NS2.2C2H6/c1-2-7-5-4(1)6-3-8-5;2*1-2/h3H,1-2H2;2*1-2H3. The molecule has 0 aromatic carbocycles. The molecule has 1 aliphatic rings. The van der Waals surface area contributed by atoms with E-state index in [0.29, 0.717) is 0 Å². The van der Waals surface area contributed by atoms with E-state index in [1.165, 1.54) is 22.1 Å². The highest BCUT2D eigenvalue weighted by molar-refractivity contribution is 8.01. The molecule has 1 aromatic heterocycles. The summed E-state index contributed by atoms with van der Waals surface area (Å²) in [6.45, 7) is 8.00. The van der Waals surface area contributed by atoms with Crippen LogP contribution in [0.1, 0.15) is 33.4 Å². The molecule has 0 bridgehead atoms. The van der Waals surface area contributed by atoms with Crippen molar-refractivity contribution in [2.24, 2.45) is 0 Å². The van der Waals surface area contributed by atoms with E-state index in [0.717, 1.165) is 0 Å². The number of thioether (sulfide) groups is 1. The molecular weight excluding hydrogens is 186 g/mol. The van der Waals surface area contributed by atoms with Crippen molar-refractivity contribution in [3.8, 4) is 0 Å². The van der Waals surface area contributed by atoms with Crippen LogP contribution in [0, 0.1) is 0 Å². The average Bonchev–Trinajstić information content (AvgIpc) is 2.72.